The minimum Gasteiger partial charge on any atom is -0.369 e. The Kier molecular flexibility index (Phi) is 5.04. The largest absolute Gasteiger partial charge is 0.369 e. The van der Waals surface area contributed by atoms with Gasteiger partial charge in [0.25, 0.3) is 0 Å². The molecule has 1 aromatic carbocycles. The molecule has 2 atom stereocenters. The van der Waals surface area contributed by atoms with Crippen LogP contribution in [0.15, 0.2) is 30.3 Å². The van der Waals surface area contributed by atoms with Crippen molar-refractivity contribution in [2.24, 2.45) is 0 Å². The molecule has 5 nitrogen and oxygen atoms in total. The summed E-state index contributed by atoms with van der Waals surface area (Å²) in [6, 6.07) is 11.6. The van der Waals surface area contributed by atoms with Crippen molar-refractivity contribution in [1.82, 2.24) is 14.9 Å². The Morgan fingerprint density at radius 3 is 2.67 bits per heavy atom. The van der Waals surface area contributed by atoms with Gasteiger partial charge in [0.15, 0.2) is 0 Å². The summed E-state index contributed by atoms with van der Waals surface area (Å²) in [5, 5.41) is 3.49. The number of benzene rings is 1. The summed E-state index contributed by atoms with van der Waals surface area (Å²) < 4.78 is 0. The molecule has 3 aliphatic rings. The van der Waals surface area contributed by atoms with Crippen molar-refractivity contribution in [2.45, 2.75) is 44.6 Å². The van der Waals surface area contributed by atoms with Gasteiger partial charge in [-0.05, 0) is 38.1 Å². The lowest BCUT2D eigenvalue weighted by atomic mass is 9.75. The van der Waals surface area contributed by atoms with Crippen LogP contribution in [0.25, 0.3) is 0 Å². The van der Waals surface area contributed by atoms with Gasteiger partial charge in [-0.3, -0.25) is 0 Å². The number of aromatic nitrogens is 2. The summed E-state index contributed by atoms with van der Waals surface area (Å²) in [6.07, 6.45) is 2.50. The summed E-state index contributed by atoms with van der Waals surface area (Å²) >= 11 is 0. The predicted molar refractivity (Wildman–Crippen MR) is 112 cm³/mol. The Morgan fingerprint density at radius 1 is 1.15 bits per heavy atom. The SMILES string of the molecule is CC(C)c1nc(NCCN(C)C)cc(N2C[C@H]3CC[C@H]2c2ccccc23)n1. The number of nitrogens with one attached hydrogen (secondary N) is 1. The average molecular weight is 366 g/mol. The van der Waals surface area contributed by atoms with Crippen LogP contribution in [0.5, 0.6) is 0 Å². The van der Waals surface area contributed by atoms with Crippen LogP contribution in [-0.4, -0.2) is 48.6 Å². The van der Waals surface area contributed by atoms with Gasteiger partial charge in [0.1, 0.15) is 17.5 Å². The molecule has 0 spiro atoms. The zero-order chi connectivity index (χ0) is 19.0. The molecule has 0 unspecified atom stereocenters. The number of nitrogens with zero attached hydrogens (tertiary/aromatic N) is 4. The van der Waals surface area contributed by atoms with Gasteiger partial charge in [0, 0.05) is 37.5 Å². The van der Waals surface area contributed by atoms with Gasteiger partial charge in [-0.25, -0.2) is 9.97 Å². The van der Waals surface area contributed by atoms with Crippen molar-refractivity contribution < 1.29 is 0 Å². The molecule has 1 fully saturated rings. The molecule has 0 radical (unpaired) electrons. The third-order valence-corrected chi connectivity index (χ3v) is 5.78. The van der Waals surface area contributed by atoms with Crippen molar-refractivity contribution in [2.75, 3.05) is 43.9 Å². The second-order valence-electron chi connectivity index (χ2n) is 8.43. The van der Waals surface area contributed by atoms with E-state index in [9.17, 15) is 0 Å². The molecule has 1 saturated heterocycles. The fourth-order valence-corrected chi connectivity index (χ4v) is 4.34. The highest BCUT2D eigenvalue weighted by Gasteiger charge is 2.38. The van der Waals surface area contributed by atoms with E-state index in [4.69, 9.17) is 9.97 Å². The molecule has 144 valence electrons. The monoisotopic (exact) mass is 365 g/mol. The molecule has 0 saturated carbocycles. The van der Waals surface area contributed by atoms with Gasteiger partial charge in [0.2, 0.25) is 0 Å². The van der Waals surface area contributed by atoms with Crippen LogP contribution in [-0.2, 0) is 0 Å². The summed E-state index contributed by atoms with van der Waals surface area (Å²) in [4.78, 5) is 14.4. The fraction of sp³-hybridized carbons (Fsp3) is 0.545. The second-order valence-corrected chi connectivity index (χ2v) is 8.43. The predicted octanol–water partition coefficient (Wildman–Crippen LogP) is 4.01. The lowest BCUT2D eigenvalue weighted by Crippen LogP contribution is -2.43. The maximum Gasteiger partial charge on any atom is 0.135 e. The van der Waals surface area contributed by atoms with Crippen LogP contribution in [0.2, 0.25) is 0 Å². The summed E-state index contributed by atoms with van der Waals surface area (Å²) in [6.45, 7) is 7.27. The standard InChI is InChI=1S/C22H31N5/c1-15(2)22-24-20(23-11-12-26(3)4)13-21(25-22)27-14-16-9-10-19(27)18-8-6-5-7-17(16)18/h5-8,13,15-16,19H,9-12,14H2,1-4H3,(H,23,24,25)/t16-,19+/m1/s1. The quantitative estimate of drug-likeness (QED) is 0.838. The molecular weight excluding hydrogens is 334 g/mol. The van der Waals surface area contributed by atoms with E-state index >= 15 is 0 Å². The number of hydrogen-bond donors (Lipinski definition) is 1. The maximum absolute atomic E-state index is 4.96. The van der Waals surface area contributed by atoms with Crippen molar-refractivity contribution in [3.63, 3.8) is 0 Å². The van der Waals surface area contributed by atoms with Crippen molar-refractivity contribution >= 4 is 11.6 Å². The first-order chi connectivity index (χ1) is 13.0. The Balaban J connectivity index is 1.64. The van der Waals surface area contributed by atoms with E-state index < -0.39 is 0 Å². The van der Waals surface area contributed by atoms with Gasteiger partial charge in [-0.2, -0.15) is 0 Å². The van der Waals surface area contributed by atoms with E-state index in [1.807, 2.05) is 0 Å². The molecule has 1 N–H and O–H groups in total. The van der Waals surface area contributed by atoms with E-state index in [0.717, 1.165) is 37.1 Å². The molecule has 0 amide bonds. The minimum absolute atomic E-state index is 0.314. The highest BCUT2D eigenvalue weighted by molar-refractivity contribution is 5.55. The first-order valence-corrected chi connectivity index (χ1v) is 10.2. The normalized spacial score (nSPS) is 21.0. The van der Waals surface area contributed by atoms with E-state index in [1.54, 1.807) is 5.56 Å². The smallest absolute Gasteiger partial charge is 0.135 e. The number of hydrogen-bond acceptors (Lipinski definition) is 5. The van der Waals surface area contributed by atoms with Crippen LogP contribution >= 0.6 is 0 Å². The lowest BCUT2D eigenvalue weighted by molar-refractivity contribution is 0.386. The highest BCUT2D eigenvalue weighted by Crippen LogP contribution is 2.48. The van der Waals surface area contributed by atoms with Crippen LogP contribution in [0.3, 0.4) is 0 Å². The molecular formula is C22H31N5. The van der Waals surface area contributed by atoms with E-state index in [1.165, 1.54) is 18.4 Å². The van der Waals surface area contributed by atoms with Crippen LogP contribution < -0.4 is 10.2 Å². The summed E-state index contributed by atoms with van der Waals surface area (Å²) in [7, 11) is 4.18. The lowest BCUT2D eigenvalue weighted by Gasteiger charge is -2.47. The fourth-order valence-electron chi connectivity index (χ4n) is 4.34. The molecule has 5 rings (SSSR count). The van der Waals surface area contributed by atoms with Gasteiger partial charge in [0.05, 0.1) is 6.04 Å². The van der Waals surface area contributed by atoms with Crippen LogP contribution in [0.4, 0.5) is 11.6 Å². The van der Waals surface area contributed by atoms with E-state index in [-0.39, 0.29) is 0 Å². The first-order valence-electron chi connectivity index (χ1n) is 10.2. The Hall–Kier alpha value is -2.14. The Labute approximate surface area is 162 Å². The number of rotatable bonds is 6. The Bertz CT molecular complexity index is 801. The third-order valence-electron chi connectivity index (χ3n) is 5.78. The number of anilines is 2. The van der Waals surface area contributed by atoms with Gasteiger partial charge >= 0.3 is 0 Å². The number of likely N-dealkylation sites (N-methyl/N-ethyl adjacent to an activating group) is 1. The molecule has 3 heterocycles. The molecule has 1 aromatic heterocycles. The van der Waals surface area contributed by atoms with Crippen LogP contribution in [0.1, 0.15) is 61.5 Å². The van der Waals surface area contributed by atoms with Gasteiger partial charge in [-0.15, -0.1) is 0 Å². The first kappa shape index (κ1) is 18.2. The van der Waals surface area contributed by atoms with Gasteiger partial charge < -0.3 is 15.1 Å². The maximum atomic E-state index is 4.96. The van der Waals surface area contributed by atoms with Crippen molar-refractivity contribution in [3.8, 4) is 0 Å². The van der Waals surface area contributed by atoms with E-state index in [2.05, 4.69) is 73.4 Å². The van der Waals surface area contributed by atoms with E-state index in [0.29, 0.717) is 17.9 Å². The summed E-state index contributed by atoms with van der Waals surface area (Å²) in [5.74, 6) is 3.88. The van der Waals surface area contributed by atoms with Gasteiger partial charge in [-0.1, -0.05) is 38.1 Å². The molecule has 1 aliphatic carbocycles. The third kappa shape index (κ3) is 3.65. The zero-order valence-corrected chi connectivity index (χ0v) is 16.9. The number of fused-ring (bicyclic) bond motifs is 2. The minimum atomic E-state index is 0.314. The molecule has 2 bridgehead atoms. The second kappa shape index (κ2) is 7.47. The molecule has 2 aromatic rings. The highest BCUT2D eigenvalue weighted by atomic mass is 15.2. The zero-order valence-electron chi connectivity index (χ0n) is 16.9. The topological polar surface area (TPSA) is 44.3 Å². The number of piperidine rings is 1. The average Bonchev–Trinajstić information content (AvgIpc) is 2.68. The van der Waals surface area contributed by atoms with Crippen LogP contribution in [0, 0.1) is 0 Å². The van der Waals surface area contributed by atoms with Crippen molar-refractivity contribution in [1.29, 1.82) is 0 Å². The Morgan fingerprint density at radius 2 is 1.93 bits per heavy atom. The molecule has 27 heavy (non-hydrogen) atoms. The molecule has 5 heteroatoms. The molecule has 2 aliphatic heterocycles. The summed E-state index contributed by atoms with van der Waals surface area (Å²) in [5.41, 5.74) is 3.04. The van der Waals surface area contributed by atoms with Crippen molar-refractivity contribution in [3.05, 3.63) is 47.3 Å².